The second-order valence-electron chi connectivity index (χ2n) is 2.94. The Morgan fingerprint density at radius 1 is 1.36 bits per heavy atom. The maximum absolute atomic E-state index is 10.5. The molecule has 0 aliphatic rings. The molecule has 78 valence electrons. The largest absolute Gasteiger partial charge is 0.481 e. The highest BCUT2D eigenvalue weighted by molar-refractivity contribution is 5.68. The van der Waals surface area contributed by atoms with Gasteiger partial charge in [-0.3, -0.25) is 4.79 Å². The zero-order valence-corrected chi connectivity index (χ0v) is 7.81. The summed E-state index contributed by atoms with van der Waals surface area (Å²) in [5, 5.41) is 8.62. The van der Waals surface area contributed by atoms with Crippen LogP contribution < -0.4 is 5.73 Å². The first-order chi connectivity index (χ1) is 6.24. The Morgan fingerprint density at radius 3 is 2.36 bits per heavy atom. The molecule has 1 rings (SSSR count). The maximum Gasteiger partial charge on any atom is 0.304 e. The summed E-state index contributed by atoms with van der Waals surface area (Å²) in [4.78, 5) is 10.5. The van der Waals surface area contributed by atoms with E-state index in [0.29, 0.717) is 6.54 Å². The lowest BCUT2D eigenvalue weighted by atomic mass is 9.96. The molecule has 4 heteroatoms. The molecule has 0 saturated carbocycles. The summed E-state index contributed by atoms with van der Waals surface area (Å²) in [5.74, 6) is -0.877. The quantitative estimate of drug-likeness (QED) is 0.730. The molecule has 0 saturated heterocycles. The van der Waals surface area contributed by atoms with Crippen LogP contribution in [0.1, 0.15) is 17.9 Å². The molecule has 1 aromatic carbocycles. The van der Waals surface area contributed by atoms with Gasteiger partial charge in [0, 0.05) is 5.92 Å². The highest BCUT2D eigenvalue weighted by atomic mass is 16.4. The van der Waals surface area contributed by atoms with Crippen LogP contribution in [-0.4, -0.2) is 23.1 Å². The Bertz CT molecular complexity index is 274. The first-order valence-corrected chi connectivity index (χ1v) is 4.21. The van der Waals surface area contributed by atoms with Gasteiger partial charge in [0.05, 0.1) is 6.42 Å². The maximum atomic E-state index is 10.5. The molecule has 0 spiro atoms. The summed E-state index contributed by atoms with van der Waals surface area (Å²) in [6.45, 7) is 0.371. The molecule has 0 amide bonds. The van der Waals surface area contributed by atoms with E-state index in [2.05, 4.69) is 0 Å². The molecule has 1 atom stereocenters. The number of carboxylic acids is 1. The van der Waals surface area contributed by atoms with Crippen molar-refractivity contribution in [1.82, 2.24) is 0 Å². The van der Waals surface area contributed by atoms with E-state index in [4.69, 9.17) is 10.8 Å². The molecule has 14 heavy (non-hydrogen) atoms. The second-order valence-corrected chi connectivity index (χ2v) is 2.94. The van der Waals surface area contributed by atoms with E-state index in [1.54, 1.807) is 0 Å². The van der Waals surface area contributed by atoms with E-state index in [1.165, 1.54) is 0 Å². The lowest BCUT2D eigenvalue weighted by molar-refractivity contribution is -0.137. The van der Waals surface area contributed by atoms with Crippen LogP contribution >= 0.6 is 0 Å². The predicted molar refractivity (Wildman–Crippen MR) is 54.1 cm³/mol. The van der Waals surface area contributed by atoms with Gasteiger partial charge in [-0.1, -0.05) is 30.3 Å². The Hall–Kier alpha value is -1.39. The van der Waals surface area contributed by atoms with Crippen molar-refractivity contribution in [2.75, 3.05) is 6.54 Å². The molecule has 0 bridgehead atoms. The van der Waals surface area contributed by atoms with E-state index in [9.17, 15) is 4.79 Å². The standard InChI is InChI=1S/C10H13NO2.H2O/c11-7-9(6-10(12)13)8-4-2-1-3-5-8;/h1-5,9H,6-7,11H2,(H,12,13);1H2. The lowest BCUT2D eigenvalue weighted by Gasteiger charge is -2.11. The van der Waals surface area contributed by atoms with Crippen molar-refractivity contribution in [2.24, 2.45) is 5.73 Å². The predicted octanol–water partition coefficient (Wildman–Crippen LogP) is 0.379. The third kappa shape index (κ3) is 3.55. The number of nitrogens with two attached hydrogens (primary N) is 1. The summed E-state index contributed by atoms with van der Waals surface area (Å²) in [5.41, 5.74) is 6.48. The number of carboxylic acid groups (broad SMARTS) is 1. The fourth-order valence-corrected chi connectivity index (χ4v) is 1.27. The van der Waals surface area contributed by atoms with Gasteiger partial charge in [-0.2, -0.15) is 0 Å². The first-order valence-electron chi connectivity index (χ1n) is 4.21. The second kappa shape index (κ2) is 6.12. The average molecular weight is 197 g/mol. The normalized spacial score (nSPS) is 11.5. The lowest BCUT2D eigenvalue weighted by Crippen LogP contribution is -2.16. The molecular formula is C10H15NO3. The van der Waals surface area contributed by atoms with Crippen molar-refractivity contribution in [3.05, 3.63) is 35.9 Å². The molecule has 0 aliphatic carbocycles. The van der Waals surface area contributed by atoms with Gasteiger partial charge in [-0.05, 0) is 12.1 Å². The smallest absolute Gasteiger partial charge is 0.304 e. The van der Waals surface area contributed by atoms with E-state index < -0.39 is 5.97 Å². The van der Waals surface area contributed by atoms with Crippen molar-refractivity contribution < 1.29 is 15.4 Å². The number of hydrogen-bond acceptors (Lipinski definition) is 2. The SMILES string of the molecule is NCC(CC(=O)O)c1ccccc1.O. The third-order valence-corrected chi connectivity index (χ3v) is 1.98. The van der Waals surface area contributed by atoms with Gasteiger partial charge in [-0.25, -0.2) is 0 Å². The summed E-state index contributed by atoms with van der Waals surface area (Å²) >= 11 is 0. The van der Waals surface area contributed by atoms with Gasteiger partial charge in [0.25, 0.3) is 0 Å². The van der Waals surface area contributed by atoms with Crippen molar-refractivity contribution in [1.29, 1.82) is 0 Å². The van der Waals surface area contributed by atoms with Crippen LogP contribution in [0.4, 0.5) is 0 Å². The average Bonchev–Trinajstić information content (AvgIpc) is 2.15. The number of hydrogen-bond donors (Lipinski definition) is 2. The summed E-state index contributed by atoms with van der Waals surface area (Å²) in [7, 11) is 0. The zero-order valence-electron chi connectivity index (χ0n) is 7.81. The zero-order chi connectivity index (χ0) is 9.68. The van der Waals surface area contributed by atoms with Gasteiger partial charge >= 0.3 is 5.97 Å². The molecule has 5 N–H and O–H groups in total. The molecule has 0 radical (unpaired) electrons. The highest BCUT2D eigenvalue weighted by Gasteiger charge is 2.12. The Labute approximate surface area is 82.7 Å². The molecule has 1 unspecified atom stereocenters. The summed E-state index contributed by atoms with van der Waals surface area (Å²) in [6, 6.07) is 9.48. The van der Waals surface area contributed by atoms with Crippen LogP contribution in [0.15, 0.2) is 30.3 Å². The number of carbonyl (C=O) groups is 1. The molecule has 0 heterocycles. The molecular weight excluding hydrogens is 182 g/mol. The van der Waals surface area contributed by atoms with Gasteiger partial charge < -0.3 is 16.3 Å². The minimum absolute atomic E-state index is 0. The van der Waals surface area contributed by atoms with Crippen LogP contribution in [0.2, 0.25) is 0 Å². The molecule has 1 aromatic rings. The fraction of sp³-hybridized carbons (Fsp3) is 0.300. The Kier molecular flexibility index (Phi) is 5.52. The first kappa shape index (κ1) is 12.6. The van der Waals surface area contributed by atoms with E-state index in [-0.39, 0.29) is 17.8 Å². The van der Waals surface area contributed by atoms with Crippen molar-refractivity contribution in [2.45, 2.75) is 12.3 Å². The van der Waals surface area contributed by atoms with E-state index >= 15 is 0 Å². The Morgan fingerprint density at radius 2 is 1.93 bits per heavy atom. The minimum atomic E-state index is -0.806. The van der Waals surface area contributed by atoms with Gasteiger partial charge in [0.1, 0.15) is 0 Å². The molecule has 0 fully saturated rings. The summed E-state index contributed by atoms with van der Waals surface area (Å²) in [6.07, 6.45) is 0.0977. The highest BCUT2D eigenvalue weighted by Crippen LogP contribution is 2.17. The van der Waals surface area contributed by atoms with Crippen LogP contribution in [0, 0.1) is 0 Å². The number of aliphatic carboxylic acids is 1. The van der Waals surface area contributed by atoms with Gasteiger partial charge in [-0.15, -0.1) is 0 Å². The van der Waals surface area contributed by atoms with Gasteiger partial charge in [0.15, 0.2) is 0 Å². The number of rotatable bonds is 4. The van der Waals surface area contributed by atoms with Crippen molar-refractivity contribution in [3.8, 4) is 0 Å². The van der Waals surface area contributed by atoms with E-state index in [1.807, 2.05) is 30.3 Å². The Balaban J connectivity index is 0.00000169. The van der Waals surface area contributed by atoms with Crippen LogP contribution in [0.25, 0.3) is 0 Å². The van der Waals surface area contributed by atoms with E-state index in [0.717, 1.165) is 5.56 Å². The monoisotopic (exact) mass is 197 g/mol. The topological polar surface area (TPSA) is 94.8 Å². The van der Waals surface area contributed by atoms with Crippen LogP contribution in [-0.2, 0) is 4.79 Å². The molecule has 0 aromatic heterocycles. The van der Waals surface area contributed by atoms with Crippen molar-refractivity contribution >= 4 is 5.97 Å². The molecule has 4 nitrogen and oxygen atoms in total. The van der Waals surface area contributed by atoms with Crippen LogP contribution in [0.5, 0.6) is 0 Å². The summed E-state index contributed by atoms with van der Waals surface area (Å²) < 4.78 is 0. The number of benzene rings is 1. The van der Waals surface area contributed by atoms with Crippen LogP contribution in [0.3, 0.4) is 0 Å². The van der Waals surface area contributed by atoms with Crippen molar-refractivity contribution in [3.63, 3.8) is 0 Å². The minimum Gasteiger partial charge on any atom is -0.481 e. The third-order valence-electron chi connectivity index (χ3n) is 1.98. The van der Waals surface area contributed by atoms with Gasteiger partial charge in [0.2, 0.25) is 0 Å². The molecule has 0 aliphatic heterocycles. The fourth-order valence-electron chi connectivity index (χ4n) is 1.27.